The maximum atomic E-state index is 5.84. The standard InChI is InChI=1S/C14H29NO/c1-5-9-15-11-14(13(6-2)7-3)8-10-16-12(14)4/h12-13,15H,5-11H2,1-4H3. The zero-order chi connectivity index (χ0) is 12.0. The van der Waals surface area contributed by atoms with Gasteiger partial charge in [-0.3, -0.25) is 0 Å². The van der Waals surface area contributed by atoms with Crippen molar-refractivity contribution >= 4 is 0 Å². The topological polar surface area (TPSA) is 21.3 Å². The van der Waals surface area contributed by atoms with Crippen molar-refractivity contribution in [3.63, 3.8) is 0 Å². The largest absolute Gasteiger partial charge is 0.378 e. The Bertz CT molecular complexity index is 191. The van der Waals surface area contributed by atoms with Gasteiger partial charge in [0.1, 0.15) is 0 Å². The second-order valence-electron chi connectivity index (χ2n) is 5.19. The van der Waals surface area contributed by atoms with E-state index >= 15 is 0 Å². The number of nitrogens with one attached hydrogen (secondary N) is 1. The zero-order valence-corrected chi connectivity index (χ0v) is 11.5. The minimum atomic E-state index is 0.388. The Kier molecular flexibility index (Phi) is 5.77. The van der Waals surface area contributed by atoms with Crippen molar-refractivity contribution in [2.24, 2.45) is 11.3 Å². The van der Waals surface area contributed by atoms with Crippen LogP contribution >= 0.6 is 0 Å². The first-order valence-electron chi connectivity index (χ1n) is 7.03. The molecule has 0 aromatic carbocycles. The highest BCUT2D eigenvalue weighted by molar-refractivity contribution is 4.95. The lowest BCUT2D eigenvalue weighted by atomic mass is 9.68. The van der Waals surface area contributed by atoms with Gasteiger partial charge in [0.2, 0.25) is 0 Å². The predicted octanol–water partition coefficient (Wildman–Crippen LogP) is 3.22. The molecule has 0 bridgehead atoms. The van der Waals surface area contributed by atoms with Gasteiger partial charge >= 0.3 is 0 Å². The van der Waals surface area contributed by atoms with Crippen LogP contribution < -0.4 is 5.32 Å². The summed E-state index contributed by atoms with van der Waals surface area (Å²) in [7, 11) is 0. The molecule has 0 aliphatic carbocycles. The van der Waals surface area contributed by atoms with Crippen LogP contribution in [0, 0.1) is 11.3 Å². The Balaban J connectivity index is 2.67. The lowest BCUT2D eigenvalue weighted by molar-refractivity contribution is 0.0247. The van der Waals surface area contributed by atoms with Crippen LogP contribution in [0.25, 0.3) is 0 Å². The summed E-state index contributed by atoms with van der Waals surface area (Å²) in [6.45, 7) is 12.3. The third-order valence-electron chi connectivity index (χ3n) is 4.42. The third-order valence-corrected chi connectivity index (χ3v) is 4.42. The van der Waals surface area contributed by atoms with Crippen molar-refractivity contribution in [2.75, 3.05) is 19.7 Å². The summed E-state index contributed by atoms with van der Waals surface area (Å²) in [4.78, 5) is 0. The van der Waals surface area contributed by atoms with Crippen LogP contribution in [-0.2, 0) is 4.74 Å². The van der Waals surface area contributed by atoms with Crippen LogP contribution in [0.4, 0.5) is 0 Å². The highest BCUT2D eigenvalue weighted by Crippen LogP contribution is 2.44. The maximum absolute atomic E-state index is 5.84. The van der Waals surface area contributed by atoms with E-state index in [0.717, 1.165) is 25.6 Å². The van der Waals surface area contributed by atoms with Crippen LogP contribution in [0.15, 0.2) is 0 Å². The van der Waals surface area contributed by atoms with Gasteiger partial charge in [-0.2, -0.15) is 0 Å². The van der Waals surface area contributed by atoms with E-state index in [1.165, 1.54) is 25.7 Å². The van der Waals surface area contributed by atoms with E-state index in [4.69, 9.17) is 4.74 Å². The Morgan fingerprint density at radius 3 is 2.44 bits per heavy atom. The highest BCUT2D eigenvalue weighted by atomic mass is 16.5. The van der Waals surface area contributed by atoms with Gasteiger partial charge in [0.25, 0.3) is 0 Å². The molecule has 1 heterocycles. The molecule has 1 fully saturated rings. The summed E-state index contributed by atoms with van der Waals surface area (Å²) in [5.41, 5.74) is 0.388. The second-order valence-corrected chi connectivity index (χ2v) is 5.19. The van der Waals surface area contributed by atoms with E-state index < -0.39 is 0 Å². The minimum Gasteiger partial charge on any atom is -0.378 e. The van der Waals surface area contributed by atoms with Crippen LogP contribution in [0.3, 0.4) is 0 Å². The fourth-order valence-corrected chi connectivity index (χ4v) is 3.31. The SMILES string of the molecule is CCCNCC1(C(CC)CC)CCOC1C. The molecular weight excluding hydrogens is 198 g/mol. The molecule has 1 aliphatic rings. The Morgan fingerprint density at radius 1 is 1.31 bits per heavy atom. The van der Waals surface area contributed by atoms with Crippen molar-refractivity contribution in [3.8, 4) is 0 Å². The quantitative estimate of drug-likeness (QED) is 0.674. The Morgan fingerprint density at radius 2 is 2.00 bits per heavy atom. The smallest absolute Gasteiger partial charge is 0.0618 e. The molecular formula is C14H29NO. The first-order chi connectivity index (χ1) is 7.71. The van der Waals surface area contributed by atoms with Gasteiger partial charge in [-0.25, -0.2) is 0 Å². The van der Waals surface area contributed by atoms with E-state index in [1.54, 1.807) is 0 Å². The fraction of sp³-hybridized carbons (Fsp3) is 1.00. The van der Waals surface area contributed by atoms with Gasteiger partial charge in [-0.15, -0.1) is 0 Å². The summed E-state index contributed by atoms with van der Waals surface area (Å²) in [5.74, 6) is 0.800. The van der Waals surface area contributed by atoms with Gasteiger partial charge in [0.05, 0.1) is 6.10 Å². The molecule has 0 radical (unpaired) electrons. The monoisotopic (exact) mass is 227 g/mol. The molecule has 1 aliphatic heterocycles. The molecule has 0 saturated carbocycles. The molecule has 2 heteroatoms. The van der Waals surface area contributed by atoms with Crippen LogP contribution in [0.1, 0.15) is 53.4 Å². The van der Waals surface area contributed by atoms with E-state index in [2.05, 4.69) is 33.0 Å². The molecule has 0 amide bonds. The van der Waals surface area contributed by atoms with E-state index in [9.17, 15) is 0 Å². The lowest BCUT2D eigenvalue weighted by Crippen LogP contribution is -2.45. The Hall–Kier alpha value is -0.0800. The summed E-state index contributed by atoms with van der Waals surface area (Å²) >= 11 is 0. The summed E-state index contributed by atoms with van der Waals surface area (Å²) < 4.78 is 5.84. The predicted molar refractivity (Wildman–Crippen MR) is 69.7 cm³/mol. The minimum absolute atomic E-state index is 0.388. The maximum Gasteiger partial charge on any atom is 0.0618 e. The average molecular weight is 227 g/mol. The lowest BCUT2D eigenvalue weighted by Gasteiger charge is -2.39. The van der Waals surface area contributed by atoms with E-state index in [-0.39, 0.29) is 0 Å². The Labute approximate surface area is 101 Å². The molecule has 2 atom stereocenters. The molecule has 0 aromatic heterocycles. The molecule has 2 nitrogen and oxygen atoms in total. The van der Waals surface area contributed by atoms with Crippen LogP contribution in [0.2, 0.25) is 0 Å². The van der Waals surface area contributed by atoms with Crippen molar-refractivity contribution in [1.82, 2.24) is 5.32 Å². The molecule has 1 saturated heterocycles. The van der Waals surface area contributed by atoms with E-state index in [1.807, 2.05) is 0 Å². The highest BCUT2D eigenvalue weighted by Gasteiger charge is 2.45. The zero-order valence-electron chi connectivity index (χ0n) is 11.5. The van der Waals surface area contributed by atoms with Gasteiger partial charge < -0.3 is 10.1 Å². The first kappa shape index (κ1) is 14.0. The fourth-order valence-electron chi connectivity index (χ4n) is 3.31. The van der Waals surface area contributed by atoms with Crippen LogP contribution in [0.5, 0.6) is 0 Å². The molecule has 2 unspecified atom stereocenters. The normalized spacial score (nSPS) is 30.2. The van der Waals surface area contributed by atoms with Gasteiger partial charge in [0.15, 0.2) is 0 Å². The van der Waals surface area contributed by atoms with Crippen LogP contribution in [-0.4, -0.2) is 25.8 Å². The second kappa shape index (κ2) is 6.61. The first-order valence-corrected chi connectivity index (χ1v) is 7.03. The van der Waals surface area contributed by atoms with Gasteiger partial charge in [0, 0.05) is 18.6 Å². The average Bonchev–Trinajstić information content (AvgIpc) is 2.64. The summed E-state index contributed by atoms with van der Waals surface area (Å²) in [5, 5.41) is 3.62. The van der Waals surface area contributed by atoms with Gasteiger partial charge in [-0.1, -0.05) is 33.6 Å². The molecule has 16 heavy (non-hydrogen) atoms. The molecule has 96 valence electrons. The van der Waals surface area contributed by atoms with Crippen molar-refractivity contribution in [3.05, 3.63) is 0 Å². The third kappa shape index (κ3) is 2.78. The molecule has 0 aromatic rings. The number of ether oxygens (including phenoxy) is 1. The summed E-state index contributed by atoms with van der Waals surface area (Å²) in [6.07, 6.45) is 5.42. The van der Waals surface area contributed by atoms with Crippen molar-refractivity contribution in [2.45, 2.75) is 59.5 Å². The van der Waals surface area contributed by atoms with Crippen molar-refractivity contribution < 1.29 is 4.74 Å². The molecule has 1 rings (SSSR count). The summed E-state index contributed by atoms with van der Waals surface area (Å²) in [6, 6.07) is 0. The van der Waals surface area contributed by atoms with Crippen molar-refractivity contribution in [1.29, 1.82) is 0 Å². The van der Waals surface area contributed by atoms with E-state index in [0.29, 0.717) is 11.5 Å². The number of rotatable bonds is 7. The number of hydrogen-bond acceptors (Lipinski definition) is 2. The molecule has 0 spiro atoms. The number of hydrogen-bond donors (Lipinski definition) is 1. The van der Waals surface area contributed by atoms with Gasteiger partial charge in [-0.05, 0) is 32.2 Å². The molecule has 1 N–H and O–H groups in total.